The number of ether oxygens (including phenoxy) is 2. The van der Waals surface area contributed by atoms with Gasteiger partial charge in [0.1, 0.15) is 6.61 Å². The molecule has 2 saturated carbocycles. The molecule has 6 unspecified atom stereocenters. The highest BCUT2D eigenvalue weighted by atomic mass is 35.5. The lowest BCUT2D eigenvalue weighted by molar-refractivity contribution is -0.137. The molecule has 2 aliphatic heterocycles. The van der Waals surface area contributed by atoms with Gasteiger partial charge in [0.05, 0.1) is 35.2 Å². The van der Waals surface area contributed by atoms with Crippen LogP contribution in [0.3, 0.4) is 0 Å². The molecule has 4 aromatic rings. The molecule has 47 heavy (non-hydrogen) atoms. The lowest BCUT2D eigenvalue weighted by Gasteiger charge is -2.43. The van der Waals surface area contributed by atoms with Gasteiger partial charge < -0.3 is 14.5 Å². The third kappa shape index (κ3) is 4.82. The van der Waals surface area contributed by atoms with Crippen molar-refractivity contribution < 1.29 is 32.2 Å². The highest BCUT2D eigenvalue weighted by molar-refractivity contribution is 8.00. The predicted octanol–water partition coefficient (Wildman–Crippen LogP) is 7.37. The third-order valence-corrected chi connectivity index (χ3v) is 12.9. The minimum atomic E-state index is -4.73. The van der Waals surface area contributed by atoms with Gasteiger partial charge in [-0.2, -0.15) is 13.2 Å². The van der Waals surface area contributed by atoms with Crippen molar-refractivity contribution in [3.05, 3.63) is 103 Å². The van der Waals surface area contributed by atoms with Gasteiger partial charge in [-0.3, -0.25) is 14.4 Å². The summed E-state index contributed by atoms with van der Waals surface area (Å²) in [7, 11) is 1.55. The van der Waals surface area contributed by atoms with E-state index in [1.165, 1.54) is 30.0 Å². The number of halogens is 4. The first-order valence-corrected chi connectivity index (χ1v) is 17.1. The van der Waals surface area contributed by atoms with E-state index in [0.29, 0.717) is 22.9 Å². The van der Waals surface area contributed by atoms with Crippen LogP contribution in [0.2, 0.25) is 5.02 Å². The van der Waals surface area contributed by atoms with E-state index < -0.39 is 41.1 Å². The van der Waals surface area contributed by atoms with E-state index in [1.54, 1.807) is 19.2 Å². The zero-order chi connectivity index (χ0) is 32.8. The zero-order valence-electron chi connectivity index (χ0n) is 24.6. The molecule has 7 nitrogen and oxygen atoms in total. The van der Waals surface area contributed by atoms with Crippen LogP contribution < -0.4 is 19.2 Å². The Morgan fingerprint density at radius 2 is 1.68 bits per heavy atom. The summed E-state index contributed by atoms with van der Waals surface area (Å²) in [6.45, 7) is 0.290. The van der Waals surface area contributed by atoms with Crippen LogP contribution in [0, 0.1) is 29.6 Å². The van der Waals surface area contributed by atoms with Crippen LogP contribution >= 0.6 is 34.7 Å². The SMILES string of the molecule is COc1cc([C@H]2c3sc(=O)[nH]c3SC3C4CC(C5C(=O)N(c6ccccc6C(F)(F)F)C(=O)C45)C32)ccc1OCc1ccc(Cl)cc1. The van der Waals surface area contributed by atoms with Gasteiger partial charge in [0.15, 0.2) is 11.5 Å². The number of benzene rings is 3. The molecule has 0 spiro atoms. The van der Waals surface area contributed by atoms with E-state index in [9.17, 15) is 27.6 Å². The molecule has 242 valence electrons. The normalized spacial score (nSPS) is 27.5. The molecule has 4 aliphatic rings. The maximum atomic E-state index is 14.0. The molecule has 1 saturated heterocycles. The number of nitrogens with zero attached hydrogens (tertiary/aromatic N) is 1. The van der Waals surface area contributed by atoms with Crippen LogP contribution in [0.25, 0.3) is 0 Å². The second kappa shape index (κ2) is 11.2. The fourth-order valence-corrected chi connectivity index (χ4v) is 11.3. The van der Waals surface area contributed by atoms with Crippen LogP contribution in [-0.4, -0.2) is 29.2 Å². The molecule has 3 fully saturated rings. The van der Waals surface area contributed by atoms with Crippen molar-refractivity contribution in [1.82, 2.24) is 4.98 Å². The average Bonchev–Trinajstić information content (AvgIpc) is 3.79. The first-order valence-electron chi connectivity index (χ1n) is 15.0. The molecule has 2 aliphatic carbocycles. The molecule has 0 radical (unpaired) electrons. The lowest BCUT2D eigenvalue weighted by Crippen LogP contribution is -2.42. The Balaban J connectivity index is 1.15. The van der Waals surface area contributed by atoms with Crippen molar-refractivity contribution >= 4 is 52.2 Å². The van der Waals surface area contributed by atoms with Gasteiger partial charge in [0, 0.05) is 21.1 Å². The molecular formula is C34H26ClF3N2O5S2. The lowest BCUT2D eigenvalue weighted by atomic mass is 9.68. The number of rotatable bonds is 6. The molecule has 8 rings (SSSR count). The fourth-order valence-electron chi connectivity index (χ4n) is 8.27. The molecule has 2 bridgehead atoms. The summed E-state index contributed by atoms with van der Waals surface area (Å²) in [5.41, 5.74) is 0.364. The highest BCUT2D eigenvalue weighted by Crippen LogP contribution is 2.69. The van der Waals surface area contributed by atoms with Gasteiger partial charge in [-0.1, -0.05) is 53.3 Å². The number of methoxy groups -OCH3 is 1. The number of hydrogen-bond acceptors (Lipinski definition) is 7. The first-order chi connectivity index (χ1) is 22.5. The van der Waals surface area contributed by atoms with Crippen molar-refractivity contribution in [2.24, 2.45) is 29.6 Å². The molecule has 3 heterocycles. The van der Waals surface area contributed by atoms with E-state index in [2.05, 4.69) is 4.98 Å². The number of hydrogen-bond donors (Lipinski definition) is 1. The molecule has 3 aromatic carbocycles. The summed E-state index contributed by atoms with van der Waals surface area (Å²) in [5.74, 6) is -2.51. The van der Waals surface area contributed by atoms with Gasteiger partial charge in [-0.05, 0) is 71.7 Å². The van der Waals surface area contributed by atoms with Crippen LogP contribution in [0.5, 0.6) is 11.5 Å². The van der Waals surface area contributed by atoms with E-state index in [-0.39, 0.29) is 40.4 Å². The van der Waals surface area contributed by atoms with Crippen LogP contribution in [0.1, 0.15) is 33.9 Å². The van der Waals surface area contributed by atoms with Crippen LogP contribution in [0.15, 0.2) is 76.6 Å². The minimum Gasteiger partial charge on any atom is -0.493 e. The Labute approximate surface area is 280 Å². The second-order valence-corrected chi connectivity index (χ2v) is 15.0. The zero-order valence-corrected chi connectivity index (χ0v) is 27.0. The van der Waals surface area contributed by atoms with Crippen LogP contribution in [0.4, 0.5) is 18.9 Å². The fraction of sp³-hybridized carbons (Fsp3) is 0.324. The Bertz CT molecular complexity index is 1980. The number of fused-ring (bicyclic) bond motifs is 9. The monoisotopic (exact) mass is 698 g/mol. The number of H-pyrrole nitrogens is 1. The molecule has 13 heteroatoms. The second-order valence-electron chi connectivity index (χ2n) is 12.3. The van der Waals surface area contributed by atoms with Gasteiger partial charge in [0.25, 0.3) is 0 Å². The van der Waals surface area contributed by atoms with Crippen molar-refractivity contribution in [2.75, 3.05) is 12.0 Å². The number of para-hydroxylation sites is 1. The average molecular weight is 699 g/mol. The van der Waals surface area contributed by atoms with E-state index in [1.807, 2.05) is 30.3 Å². The number of thiazole rings is 1. The van der Waals surface area contributed by atoms with Gasteiger partial charge in [-0.15, -0.1) is 11.8 Å². The Hall–Kier alpha value is -3.74. The van der Waals surface area contributed by atoms with Crippen molar-refractivity contribution in [3.63, 3.8) is 0 Å². The number of carbonyl (C=O) groups is 2. The third-order valence-electron chi connectivity index (χ3n) is 10.0. The van der Waals surface area contributed by atoms with Crippen LogP contribution in [-0.2, 0) is 22.4 Å². The number of imide groups is 1. The van der Waals surface area contributed by atoms with Crippen molar-refractivity contribution in [2.45, 2.75) is 35.4 Å². The predicted molar refractivity (Wildman–Crippen MR) is 171 cm³/mol. The number of alkyl halides is 3. The Kier molecular flexibility index (Phi) is 7.27. The summed E-state index contributed by atoms with van der Waals surface area (Å²) in [6.07, 6.45) is -4.12. The number of carbonyl (C=O) groups excluding carboxylic acids is 2. The maximum absolute atomic E-state index is 14.0. The number of aromatic amines is 1. The maximum Gasteiger partial charge on any atom is 0.418 e. The molecule has 2 amide bonds. The summed E-state index contributed by atoms with van der Waals surface area (Å²) < 4.78 is 53.7. The van der Waals surface area contributed by atoms with Crippen molar-refractivity contribution in [3.8, 4) is 11.5 Å². The van der Waals surface area contributed by atoms with E-state index in [4.69, 9.17) is 21.1 Å². The number of thioether (sulfide) groups is 1. The highest BCUT2D eigenvalue weighted by Gasteiger charge is 2.70. The molecule has 7 atom stereocenters. The smallest absolute Gasteiger partial charge is 0.418 e. The summed E-state index contributed by atoms with van der Waals surface area (Å²) in [5, 5.41) is 1.24. The Morgan fingerprint density at radius 1 is 0.957 bits per heavy atom. The Morgan fingerprint density at radius 3 is 2.40 bits per heavy atom. The topological polar surface area (TPSA) is 88.7 Å². The number of amides is 2. The molecule has 1 N–H and O–H groups in total. The first kappa shape index (κ1) is 30.6. The van der Waals surface area contributed by atoms with Gasteiger partial charge in [0.2, 0.25) is 11.8 Å². The van der Waals surface area contributed by atoms with E-state index >= 15 is 0 Å². The van der Waals surface area contributed by atoms with Gasteiger partial charge in [-0.25, -0.2) is 4.90 Å². The molecule has 1 aromatic heterocycles. The number of nitrogens with one attached hydrogen (secondary N) is 1. The quantitative estimate of drug-likeness (QED) is 0.212. The summed E-state index contributed by atoms with van der Waals surface area (Å²) in [6, 6.07) is 17.7. The summed E-state index contributed by atoms with van der Waals surface area (Å²) in [4.78, 5) is 44.9. The largest absolute Gasteiger partial charge is 0.493 e. The number of anilines is 1. The van der Waals surface area contributed by atoms with Crippen molar-refractivity contribution in [1.29, 1.82) is 0 Å². The molecular weight excluding hydrogens is 673 g/mol. The summed E-state index contributed by atoms with van der Waals surface area (Å²) >= 11 is 8.64. The minimum absolute atomic E-state index is 0.120. The standard InChI is InChI=1S/C34H26ClF3N2O5S2/c1-44-23-12-16(8-11-22(23)45-14-15-6-9-17(35)10-7-15)24-25-18-13-19(28(25)46-30-29(24)47-33(43)39-30)27-26(18)31(41)40(32(27)42)21-5-3-2-4-20(21)34(36,37)38/h2-12,18-19,24-28H,13-14H2,1H3,(H,39,43)/t18?,19?,24-,25?,26?,27?,28?/m1/s1. The number of aromatic nitrogens is 1. The van der Waals surface area contributed by atoms with Gasteiger partial charge >= 0.3 is 11.0 Å². The van der Waals surface area contributed by atoms with E-state index in [0.717, 1.165) is 43.3 Å².